The molecular formula is C14H15ClN2O4. The zero-order valence-corrected chi connectivity index (χ0v) is 12.3. The van der Waals surface area contributed by atoms with Crippen LogP contribution in [0.2, 0.25) is 5.02 Å². The fraction of sp³-hybridized carbons (Fsp3) is 0.286. The van der Waals surface area contributed by atoms with Gasteiger partial charge in [0.05, 0.1) is 29.4 Å². The number of benzene rings is 1. The Balaban J connectivity index is 2.75. The van der Waals surface area contributed by atoms with Crippen LogP contribution in [0.3, 0.4) is 0 Å². The number of aromatic amines is 1. The molecule has 0 fully saturated rings. The molecule has 7 heteroatoms. The molecule has 2 rings (SSSR count). The number of carbonyl (C=O) groups is 1. The molecule has 1 aromatic carbocycles. The number of rotatable bonds is 4. The molecule has 0 saturated carbocycles. The Hall–Kier alpha value is -2.05. The fourth-order valence-corrected chi connectivity index (χ4v) is 2.24. The third kappa shape index (κ3) is 3.01. The van der Waals surface area contributed by atoms with Gasteiger partial charge in [-0.3, -0.25) is 4.79 Å². The normalized spacial score (nSPS) is 12.2. The van der Waals surface area contributed by atoms with Crippen LogP contribution >= 0.6 is 11.6 Å². The highest BCUT2D eigenvalue weighted by Gasteiger charge is 2.21. The van der Waals surface area contributed by atoms with E-state index in [1.165, 1.54) is 7.11 Å². The van der Waals surface area contributed by atoms with Crippen molar-refractivity contribution >= 4 is 34.2 Å². The number of H-pyrrole nitrogens is 1. The van der Waals surface area contributed by atoms with Gasteiger partial charge >= 0.3 is 5.97 Å². The van der Waals surface area contributed by atoms with Gasteiger partial charge in [0.25, 0.3) is 5.56 Å². The molecule has 112 valence electrons. The molecule has 3 N–H and O–H groups in total. The molecule has 0 aliphatic carbocycles. The molecule has 21 heavy (non-hydrogen) atoms. The number of anilines is 1. The minimum Gasteiger partial charge on any atom is -0.465 e. The average Bonchev–Trinajstić information content (AvgIpc) is 2.44. The number of hydrogen-bond donors (Lipinski definition) is 3. The van der Waals surface area contributed by atoms with Crippen molar-refractivity contribution in [2.24, 2.45) is 0 Å². The number of methoxy groups -OCH3 is 1. The van der Waals surface area contributed by atoms with E-state index in [9.17, 15) is 14.7 Å². The summed E-state index contributed by atoms with van der Waals surface area (Å²) in [7, 11) is 1.20. The Morgan fingerprint density at radius 3 is 2.86 bits per heavy atom. The minimum absolute atomic E-state index is 0.145. The molecule has 0 bridgehead atoms. The molecule has 0 saturated heterocycles. The van der Waals surface area contributed by atoms with E-state index in [-0.39, 0.29) is 12.1 Å². The lowest BCUT2D eigenvalue weighted by Crippen LogP contribution is -2.24. The number of fused-ring (bicyclic) bond motifs is 1. The van der Waals surface area contributed by atoms with Gasteiger partial charge in [0.1, 0.15) is 5.56 Å². The van der Waals surface area contributed by atoms with Crippen LogP contribution in [0.4, 0.5) is 5.69 Å². The molecule has 1 heterocycles. The number of halogens is 1. The molecule has 0 aliphatic rings. The molecule has 2 aromatic rings. The standard InChI is InChI=1S/C14H15ClN2O4/c1-7(18)6-16-12-8-4-3-5-9(15)11(8)17-13(19)10(12)14(20)21-2/h3-5,7,18H,6H2,1-2H3,(H2,16,17,19)/t7-/m0/s1. The number of para-hydroxylation sites is 1. The van der Waals surface area contributed by atoms with Crippen LogP contribution in [-0.2, 0) is 4.74 Å². The van der Waals surface area contributed by atoms with Crippen molar-refractivity contribution in [1.29, 1.82) is 0 Å². The minimum atomic E-state index is -0.758. The van der Waals surface area contributed by atoms with Crippen molar-refractivity contribution in [2.45, 2.75) is 13.0 Å². The van der Waals surface area contributed by atoms with Crippen LogP contribution < -0.4 is 10.9 Å². The van der Waals surface area contributed by atoms with Crippen LogP contribution in [0.1, 0.15) is 17.3 Å². The maximum atomic E-state index is 12.1. The van der Waals surface area contributed by atoms with Crippen molar-refractivity contribution < 1.29 is 14.6 Å². The van der Waals surface area contributed by atoms with Crippen molar-refractivity contribution in [2.75, 3.05) is 19.0 Å². The van der Waals surface area contributed by atoms with E-state index in [1.54, 1.807) is 25.1 Å². The largest absolute Gasteiger partial charge is 0.465 e. The summed E-state index contributed by atoms with van der Waals surface area (Å²) in [6.45, 7) is 1.77. The van der Waals surface area contributed by atoms with Gasteiger partial charge < -0.3 is 20.1 Å². The highest BCUT2D eigenvalue weighted by molar-refractivity contribution is 6.35. The van der Waals surface area contributed by atoms with Crippen LogP contribution in [0.25, 0.3) is 10.9 Å². The molecule has 0 amide bonds. The van der Waals surface area contributed by atoms with Crippen molar-refractivity contribution in [3.63, 3.8) is 0 Å². The SMILES string of the molecule is COC(=O)c1c(NC[C@H](C)O)c2cccc(Cl)c2[nH]c1=O. The average molecular weight is 311 g/mol. The first-order chi connectivity index (χ1) is 9.95. The van der Waals surface area contributed by atoms with Gasteiger partial charge in [0.15, 0.2) is 0 Å². The molecule has 6 nitrogen and oxygen atoms in total. The van der Waals surface area contributed by atoms with Gasteiger partial charge in [-0.25, -0.2) is 4.79 Å². The Morgan fingerprint density at radius 1 is 1.52 bits per heavy atom. The first kappa shape index (κ1) is 15.3. The summed E-state index contributed by atoms with van der Waals surface area (Å²) < 4.78 is 4.65. The van der Waals surface area contributed by atoms with Crippen molar-refractivity contribution in [3.8, 4) is 0 Å². The lowest BCUT2D eigenvalue weighted by molar-refractivity contribution is 0.0600. The van der Waals surface area contributed by atoms with Gasteiger partial charge in [-0.1, -0.05) is 23.7 Å². The lowest BCUT2D eigenvalue weighted by Gasteiger charge is -2.15. The smallest absolute Gasteiger partial charge is 0.345 e. The first-order valence-corrected chi connectivity index (χ1v) is 6.68. The third-order valence-corrected chi connectivity index (χ3v) is 3.28. The van der Waals surface area contributed by atoms with Gasteiger partial charge in [-0.05, 0) is 13.0 Å². The molecule has 0 unspecified atom stereocenters. The number of hydrogen-bond acceptors (Lipinski definition) is 5. The first-order valence-electron chi connectivity index (χ1n) is 6.30. The highest BCUT2D eigenvalue weighted by atomic mass is 35.5. The van der Waals surface area contributed by atoms with E-state index in [0.717, 1.165) is 0 Å². The number of aliphatic hydroxyl groups excluding tert-OH is 1. The molecule has 0 radical (unpaired) electrons. The van der Waals surface area contributed by atoms with Crippen LogP contribution in [-0.4, -0.2) is 35.8 Å². The molecule has 1 aromatic heterocycles. The summed E-state index contributed by atoms with van der Waals surface area (Å²) in [5, 5.41) is 13.2. The number of esters is 1. The second-order valence-corrected chi connectivity index (χ2v) is 5.00. The third-order valence-electron chi connectivity index (χ3n) is 2.96. The zero-order chi connectivity index (χ0) is 15.6. The Morgan fingerprint density at radius 2 is 2.24 bits per heavy atom. The molecule has 0 spiro atoms. The van der Waals surface area contributed by atoms with Gasteiger partial charge in [-0.15, -0.1) is 0 Å². The fourth-order valence-electron chi connectivity index (χ4n) is 2.01. The topological polar surface area (TPSA) is 91.4 Å². The van der Waals surface area contributed by atoms with E-state index in [2.05, 4.69) is 15.0 Å². The number of aromatic nitrogens is 1. The van der Waals surface area contributed by atoms with E-state index in [0.29, 0.717) is 21.6 Å². The molecule has 1 atom stereocenters. The number of pyridine rings is 1. The zero-order valence-electron chi connectivity index (χ0n) is 11.6. The molecular weight excluding hydrogens is 296 g/mol. The van der Waals surface area contributed by atoms with E-state index >= 15 is 0 Å². The van der Waals surface area contributed by atoms with E-state index in [1.807, 2.05) is 0 Å². The quantitative estimate of drug-likeness (QED) is 0.749. The summed E-state index contributed by atoms with van der Waals surface area (Å²) in [6, 6.07) is 5.06. The van der Waals surface area contributed by atoms with Gasteiger partial charge in [0.2, 0.25) is 0 Å². The maximum Gasteiger partial charge on any atom is 0.345 e. The van der Waals surface area contributed by atoms with Crippen LogP contribution in [0.5, 0.6) is 0 Å². The predicted octanol–water partition coefficient (Wildman–Crippen LogP) is 1.76. The number of carbonyl (C=O) groups excluding carboxylic acids is 1. The second kappa shape index (κ2) is 6.15. The Kier molecular flexibility index (Phi) is 4.50. The Bertz CT molecular complexity index is 740. The highest BCUT2D eigenvalue weighted by Crippen LogP contribution is 2.28. The van der Waals surface area contributed by atoms with Gasteiger partial charge in [0, 0.05) is 11.9 Å². The summed E-state index contributed by atoms with van der Waals surface area (Å²) in [5.41, 5.74) is -0.0302. The van der Waals surface area contributed by atoms with Gasteiger partial charge in [-0.2, -0.15) is 0 Å². The summed E-state index contributed by atoms with van der Waals surface area (Å²) >= 11 is 6.07. The summed E-state index contributed by atoms with van der Waals surface area (Å²) in [4.78, 5) is 26.6. The number of nitrogens with one attached hydrogen (secondary N) is 2. The second-order valence-electron chi connectivity index (χ2n) is 4.59. The summed E-state index contributed by atoms with van der Waals surface area (Å²) in [5.74, 6) is -0.758. The Labute approximate surface area is 125 Å². The monoisotopic (exact) mass is 310 g/mol. The predicted molar refractivity (Wildman–Crippen MR) is 81.1 cm³/mol. The lowest BCUT2D eigenvalue weighted by atomic mass is 10.1. The van der Waals surface area contributed by atoms with Crippen molar-refractivity contribution in [1.82, 2.24) is 4.98 Å². The number of aliphatic hydroxyl groups is 1. The van der Waals surface area contributed by atoms with Crippen LogP contribution in [0.15, 0.2) is 23.0 Å². The van der Waals surface area contributed by atoms with E-state index < -0.39 is 17.6 Å². The van der Waals surface area contributed by atoms with Crippen molar-refractivity contribution in [3.05, 3.63) is 39.1 Å². The number of ether oxygens (including phenoxy) is 1. The van der Waals surface area contributed by atoms with Crippen LogP contribution in [0, 0.1) is 0 Å². The molecule has 0 aliphatic heterocycles. The summed E-state index contributed by atoms with van der Waals surface area (Å²) in [6.07, 6.45) is -0.649. The maximum absolute atomic E-state index is 12.1. The van der Waals surface area contributed by atoms with E-state index in [4.69, 9.17) is 11.6 Å².